The number of carbonyl (C=O) groups excluding carboxylic acids is 2. The largest absolute Gasteiger partial charge is 0.450 e. The van der Waals surface area contributed by atoms with E-state index in [1.54, 1.807) is 6.92 Å². The van der Waals surface area contributed by atoms with Crippen molar-refractivity contribution in [2.24, 2.45) is 5.92 Å². The quantitative estimate of drug-likeness (QED) is 0.933. The normalized spacial score (nSPS) is 18.0. The second-order valence-electron chi connectivity index (χ2n) is 5.10. The van der Waals surface area contributed by atoms with E-state index in [-0.39, 0.29) is 24.7 Å². The van der Waals surface area contributed by atoms with Crippen LogP contribution in [0.5, 0.6) is 0 Å². The fourth-order valence-electron chi connectivity index (χ4n) is 2.39. The van der Waals surface area contributed by atoms with Crippen molar-refractivity contribution < 1.29 is 23.1 Å². The highest BCUT2D eigenvalue weighted by atomic mass is 19.2. The Morgan fingerprint density at radius 2 is 2.14 bits per heavy atom. The first-order valence-corrected chi connectivity index (χ1v) is 7.19. The van der Waals surface area contributed by atoms with Crippen LogP contribution in [0.1, 0.15) is 19.8 Å². The second-order valence-corrected chi connectivity index (χ2v) is 5.10. The minimum atomic E-state index is -1.02. The predicted molar refractivity (Wildman–Crippen MR) is 76.3 cm³/mol. The van der Waals surface area contributed by atoms with Gasteiger partial charge in [0.25, 0.3) is 0 Å². The van der Waals surface area contributed by atoms with E-state index in [1.165, 1.54) is 11.0 Å². The van der Waals surface area contributed by atoms with E-state index in [9.17, 15) is 18.4 Å². The molecule has 5 nitrogen and oxygen atoms in total. The van der Waals surface area contributed by atoms with Gasteiger partial charge in [0.2, 0.25) is 5.91 Å². The van der Waals surface area contributed by atoms with Gasteiger partial charge in [-0.05, 0) is 31.9 Å². The molecule has 1 N–H and O–H groups in total. The van der Waals surface area contributed by atoms with Crippen molar-refractivity contribution in [3.05, 3.63) is 29.8 Å². The van der Waals surface area contributed by atoms with Gasteiger partial charge in [0, 0.05) is 24.8 Å². The molecule has 120 valence electrons. The molecule has 0 aromatic heterocycles. The lowest BCUT2D eigenvalue weighted by atomic mass is 9.97. The number of amides is 2. The smallest absolute Gasteiger partial charge is 0.409 e. The Morgan fingerprint density at radius 1 is 1.36 bits per heavy atom. The van der Waals surface area contributed by atoms with Crippen molar-refractivity contribution in [1.82, 2.24) is 4.90 Å². The third-order valence-electron chi connectivity index (χ3n) is 3.51. The summed E-state index contributed by atoms with van der Waals surface area (Å²) in [5.41, 5.74) is 0.192. The number of likely N-dealkylation sites (tertiary alicyclic amines) is 1. The lowest BCUT2D eigenvalue weighted by Crippen LogP contribution is -2.44. The van der Waals surface area contributed by atoms with Crippen LogP contribution in [0.4, 0.5) is 19.3 Å². The number of benzene rings is 1. The number of piperidine rings is 1. The van der Waals surface area contributed by atoms with Crippen molar-refractivity contribution in [1.29, 1.82) is 0 Å². The number of nitrogens with zero attached hydrogens (tertiary/aromatic N) is 1. The van der Waals surface area contributed by atoms with Crippen molar-refractivity contribution >= 4 is 17.7 Å². The first kappa shape index (κ1) is 16.2. The highest BCUT2D eigenvalue weighted by molar-refractivity contribution is 5.93. The van der Waals surface area contributed by atoms with Crippen LogP contribution >= 0.6 is 0 Å². The molecule has 0 saturated carbocycles. The first-order valence-electron chi connectivity index (χ1n) is 7.19. The molecule has 22 heavy (non-hydrogen) atoms. The molecule has 0 aliphatic carbocycles. The fraction of sp³-hybridized carbons (Fsp3) is 0.467. The number of anilines is 1. The van der Waals surface area contributed by atoms with Gasteiger partial charge in [0.15, 0.2) is 11.6 Å². The minimum absolute atomic E-state index is 0.192. The van der Waals surface area contributed by atoms with Gasteiger partial charge in [0.1, 0.15) is 0 Å². The van der Waals surface area contributed by atoms with E-state index in [4.69, 9.17) is 4.74 Å². The van der Waals surface area contributed by atoms with Crippen LogP contribution in [-0.2, 0) is 9.53 Å². The van der Waals surface area contributed by atoms with Crippen molar-refractivity contribution in [3.63, 3.8) is 0 Å². The first-order chi connectivity index (χ1) is 10.5. The summed E-state index contributed by atoms with van der Waals surface area (Å²) in [6.07, 6.45) is 0.882. The Morgan fingerprint density at radius 3 is 2.82 bits per heavy atom. The number of ether oxygens (including phenoxy) is 1. The Balaban J connectivity index is 1.96. The SMILES string of the molecule is CCOC(=O)N1CCC[C@H](C(=O)Nc2ccc(F)c(F)c2)C1. The van der Waals surface area contributed by atoms with Crippen LogP contribution in [0.25, 0.3) is 0 Å². The summed E-state index contributed by atoms with van der Waals surface area (Å²) in [5.74, 6) is -2.70. The zero-order chi connectivity index (χ0) is 16.1. The second kappa shape index (κ2) is 7.20. The Hall–Kier alpha value is -2.18. The van der Waals surface area contributed by atoms with Crippen LogP contribution in [0.15, 0.2) is 18.2 Å². The zero-order valence-electron chi connectivity index (χ0n) is 12.3. The van der Waals surface area contributed by atoms with Gasteiger partial charge in [-0.2, -0.15) is 0 Å². The number of carbonyl (C=O) groups is 2. The average Bonchev–Trinajstić information content (AvgIpc) is 2.51. The number of rotatable bonds is 3. The molecule has 7 heteroatoms. The lowest BCUT2D eigenvalue weighted by Gasteiger charge is -2.31. The zero-order valence-corrected chi connectivity index (χ0v) is 12.3. The van der Waals surface area contributed by atoms with Crippen LogP contribution in [0, 0.1) is 17.6 Å². The van der Waals surface area contributed by atoms with E-state index in [2.05, 4.69) is 5.32 Å². The van der Waals surface area contributed by atoms with Gasteiger partial charge in [-0.25, -0.2) is 13.6 Å². The van der Waals surface area contributed by atoms with Gasteiger partial charge in [0.05, 0.1) is 12.5 Å². The molecule has 1 aliphatic rings. The van der Waals surface area contributed by atoms with E-state index in [1.807, 2.05) is 0 Å². The lowest BCUT2D eigenvalue weighted by molar-refractivity contribution is -0.121. The van der Waals surface area contributed by atoms with Gasteiger partial charge in [-0.3, -0.25) is 4.79 Å². The molecule has 2 rings (SSSR count). The molecule has 1 aliphatic heterocycles. The molecule has 2 amide bonds. The van der Waals surface area contributed by atoms with E-state index in [0.29, 0.717) is 19.4 Å². The molecule has 1 saturated heterocycles. The van der Waals surface area contributed by atoms with Crippen molar-refractivity contribution in [3.8, 4) is 0 Å². The summed E-state index contributed by atoms with van der Waals surface area (Å²) < 4.78 is 30.9. The predicted octanol–water partition coefficient (Wildman–Crippen LogP) is 2.77. The Bertz CT molecular complexity index is 566. The van der Waals surface area contributed by atoms with Gasteiger partial charge >= 0.3 is 6.09 Å². The maximum Gasteiger partial charge on any atom is 0.409 e. The van der Waals surface area contributed by atoms with Gasteiger partial charge in [-0.1, -0.05) is 0 Å². The maximum absolute atomic E-state index is 13.1. The monoisotopic (exact) mass is 312 g/mol. The summed E-state index contributed by atoms with van der Waals surface area (Å²) >= 11 is 0. The molecule has 1 atom stereocenters. The molecule has 0 bridgehead atoms. The fourth-order valence-corrected chi connectivity index (χ4v) is 2.39. The van der Waals surface area contributed by atoms with Crippen LogP contribution in [0.2, 0.25) is 0 Å². The molecule has 1 heterocycles. The molecule has 1 aromatic rings. The van der Waals surface area contributed by atoms with Crippen LogP contribution in [-0.4, -0.2) is 36.6 Å². The van der Waals surface area contributed by atoms with E-state index < -0.39 is 23.6 Å². The maximum atomic E-state index is 13.1. The van der Waals surface area contributed by atoms with Gasteiger partial charge < -0.3 is 15.0 Å². The number of halogens is 2. The van der Waals surface area contributed by atoms with E-state index in [0.717, 1.165) is 12.1 Å². The molecular formula is C15H18F2N2O3. The summed E-state index contributed by atoms with van der Waals surface area (Å²) in [5, 5.41) is 2.55. The molecule has 1 aromatic carbocycles. The summed E-state index contributed by atoms with van der Waals surface area (Å²) in [4.78, 5) is 25.4. The third-order valence-corrected chi connectivity index (χ3v) is 3.51. The molecule has 0 radical (unpaired) electrons. The number of nitrogens with one attached hydrogen (secondary N) is 1. The van der Waals surface area contributed by atoms with Crippen molar-refractivity contribution in [2.75, 3.05) is 25.0 Å². The highest BCUT2D eigenvalue weighted by Crippen LogP contribution is 2.20. The van der Waals surface area contributed by atoms with Gasteiger partial charge in [-0.15, -0.1) is 0 Å². The van der Waals surface area contributed by atoms with E-state index >= 15 is 0 Å². The number of hydrogen-bond acceptors (Lipinski definition) is 3. The number of hydrogen-bond donors (Lipinski definition) is 1. The molecule has 1 fully saturated rings. The standard InChI is InChI=1S/C15H18F2N2O3/c1-2-22-15(21)19-7-3-4-10(9-19)14(20)18-11-5-6-12(16)13(17)8-11/h5-6,8,10H,2-4,7,9H2,1H3,(H,18,20)/t10-/m0/s1. The highest BCUT2D eigenvalue weighted by Gasteiger charge is 2.29. The molecular weight excluding hydrogens is 294 g/mol. The third kappa shape index (κ3) is 3.93. The minimum Gasteiger partial charge on any atom is -0.450 e. The average molecular weight is 312 g/mol. The summed E-state index contributed by atoms with van der Waals surface area (Å²) in [6.45, 7) is 2.80. The summed E-state index contributed by atoms with van der Waals surface area (Å²) in [7, 11) is 0. The van der Waals surface area contributed by atoms with Crippen LogP contribution in [0.3, 0.4) is 0 Å². The van der Waals surface area contributed by atoms with Crippen LogP contribution < -0.4 is 5.32 Å². The summed E-state index contributed by atoms with van der Waals surface area (Å²) in [6, 6.07) is 3.18. The Kier molecular flexibility index (Phi) is 5.30. The molecule has 0 unspecified atom stereocenters. The topological polar surface area (TPSA) is 58.6 Å². The molecule has 0 spiro atoms. The van der Waals surface area contributed by atoms with Crippen molar-refractivity contribution in [2.45, 2.75) is 19.8 Å². The Labute approximate surface area is 127 Å².